The second-order valence-electron chi connectivity index (χ2n) is 2.72. The molecular weight excluding hydrogens is 204 g/mol. The minimum absolute atomic E-state index is 0.342. The van der Waals surface area contributed by atoms with Crippen molar-refractivity contribution in [2.45, 2.75) is 0 Å². The van der Waals surface area contributed by atoms with Gasteiger partial charge >= 0.3 is 5.97 Å². The Morgan fingerprint density at radius 3 is 3.14 bits per heavy atom. The molecule has 0 N–H and O–H groups in total. The average molecular weight is 211 g/mol. The molecule has 2 aromatic heterocycles. The van der Waals surface area contributed by atoms with Crippen LogP contribution < -0.4 is 0 Å². The number of hydrogen-bond donors (Lipinski definition) is 0. The number of ether oxygens (including phenoxy) is 1. The number of carbonyl (C=O) groups excluding carboxylic acids is 1. The predicted molar refractivity (Wildman–Crippen MR) is 51.5 cm³/mol. The molecular formula is C9H7ClN2O2. The lowest BCUT2D eigenvalue weighted by atomic mass is 10.2. The first-order valence-electron chi connectivity index (χ1n) is 3.92. The molecule has 0 atom stereocenters. The Labute approximate surface area is 85.1 Å². The highest BCUT2D eigenvalue weighted by Crippen LogP contribution is 2.21. The molecule has 0 aromatic carbocycles. The van der Waals surface area contributed by atoms with Gasteiger partial charge in [0.25, 0.3) is 0 Å². The van der Waals surface area contributed by atoms with Crippen molar-refractivity contribution in [3.05, 3.63) is 35.4 Å². The van der Waals surface area contributed by atoms with E-state index in [-0.39, 0.29) is 0 Å². The summed E-state index contributed by atoms with van der Waals surface area (Å²) in [7, 11) is 1.32. The molecule has 0 aliphatic heterocycles. The van der Waals surface area contributed by atoms with Gasteiger partial charge in [0, 0.05) is 6.20 Å². The Morgan fingerprint density at radius 1 is 1.64 bits per heavy atom. The van der Waals surface area contributed by atoms with E-state index in [1.807, 2.05) is 0 Å². The Kier molecular flexibility index (Phi) is 2.13. The summed E-state index contributed by atoms with van der Waals surface area (Å²) in [6.45, 7) is 0. The number of imidazole rings is 1. The monoisotopic (exact) mass is 210 g/mol. The molecule has 2 aromatic rings. The van der Waals surface area contributed by atoms with Gasteiger partial charge in [0.2, 0.25) is 0 Å². The number of hydrogen-bond acceptors (Lipinski definition) is 3. The number of esters is 1. The van der Waals surface area contributed by atoms with E-state index in [1.165, 1.54) is 7.11 Å². The maximum atomic E-state index is 11.4. The van der Waals surface area contributed by atoms with Crippen LogP contribution in [-0.4, -0.2) is 22.5 Å². The summed E-state index contributed by atoms with van der Waals surface area (Å²) in [5.74, 6) is -0.457. The highest BCUT2D eigenvalue weighted by molar-refractivity contribution is 6.34. The van der Waals surface area contributed by atoms with Crippen LogP contribution in [0.25, 0.3) is 5.52 Å². The lowest BCUT2D eigenvalue weighted by Gasteiger charge is -2.03. The fourth-order valence-corrected chi connectivity index (χ4v) is 1.50. The normalized spacial score (nSPS) is 10.4. The van der Waals surface area contributed by atoms with Gasteiger partial charge in [-0.15, -0.1) is 0 Å². The van der Waals surface area contributed by atoms with Gasteiger partial charge in [-0.3, -0.25) is 0 Å². The van der Waals surface area contributed by atoms with Gasteiger partial charge in [0.05, 0.1) is 30.2 Å². The minimum atomic E-state index is -0.457. The smallest absolute Gasteiger partial charge is 0.341 e. The maximum Gasteiger partial charge on any atom is 0.341 e. The molecule has 0 saturated heterocycles. The van der Waals surface area contributed by atoms with Gasteiger partial charge < -0.3 is 9.14 Å². The second kappa shape index (κ2) is 3.31. The standard InChI is InChI=1S/C9H7ClN2O2/c1-14-9(13)8-6(10)2-3-12-5-11-4-7(8)12/h2-5H,1H3. The van der Waals surface area contributed by atoms with Gasteiger partial charge in [-0.05, 0) is 6.07 Å². The molecule has 0 aliphatic carbocycles. The molecule has 0 unspecified atom stereocenters. The first-order valence-corrected chi connectivity index (χ1v) is 4.30. The molecule has 2 rings (SSSR count). The van der Waals surface area contributed by atoms with E-state index in [2.05, 4.69) is 9.72 Å². The third kappa shape index (κ3) is 1.24. The Bertz CT molecular complexity index is 493. The highest BCUT2D eigenvalue weighted by atomic mass is 35.5. The van der Waals surface area contributed by atoms with Crippen LogP contribution in [0.3, 0.4) is 0 Å². The molecule has 0 saturated carbocycles. The number of methoxy groups -OCH3 is 1. The van der Waals surface area contributed by atoms with Crippen LogP contribution in [0, 0.1) is 0 Å². The van der Waals surface area contributed by atoms with Crippen LogP contribution in [0.4, 0.5) is 0 Å². The fourth-order valence-electron chi connectivity index (χ4n) is 1.27. The topological polar surface area (TPSA) is 43.6 Å². The van der Waals surface area contributed by atoms with Gasteiger partial charge in [-0.1, -0.05) is 11.6 Å². The van der Waals surface area contributed by atoms with E-state index < -0.39 is 5.97 Å². The summed E-state index contributed by atoms with van der Waals surface area (Å²) in [4.78, 5) is 15.3. The highest BCUT2D eigenvalue weighted by Gasteiger charge is 2.15. The summed E-state index contributed by atoms with van der Waals surface area (Å²) in [5, 5.41) is 0.366. The molecule has 0 radical (unpaired) electrons. The number of rotatable bonds is 1. The van der Waals surface area contributed by atoms with Crippen LogP contribution in [-0.2, 0) is 4.74 Å². The number of aromatic nitrogens is 2. The molecule has 72 valence electrons. The number of halogens is 1. The van der Waals surface area contributed by atoms with Crippen LogP contribution in [0.15, 0.2) is 24.8 Å². The van der Waals surface area contributed by atoms with Crippen molar-refractivity contribution in [3.63, 3.8) is 0 Å². The van der Waals surface area contributed by atoms with E-state index in [4.69, 9.17) is 11.6 Å². The number of nitrogens with zero attached hydrogens (tertiary/aromatic N) is 2. The summed E-state index contributed by atoms with van der Waals surface area (Å²) < 4.78 is 6.34. The maximum absolute atomic E-state index is 11.4. The summed E-state index contributed by atoms with van der Waals surface area (Å²) in [5.41, 5.74) is 0.985. The first-order chi connectivity index (χ1) is 6.74. The van der Waals surface area contributed by atoms with E-state index in [0.29, 0.717) is 16.1 Å². The van der Waals surface area contributed by atoms with E-state index >= 15 is 0 Å². The predicted octanol–water partition coefficient (Wildman–Crippen LogP) is 1.77. The van der Waals surface area contributed by atoms with Crippen LogP contribution in [0.5, 0.6) is 0 Å². The number of pyridine rings is 1. The van der Waals surface area contributed by atoms with Crippen molar-refractivity contribution < 1.29 is 9.53 Å². The first kappa shape index (κ1) is 9.02. The Balaban J connectivity index is 2.76. The fraction of sp³-hybridized carbons (Fsp3) is 0.111. The van der Waals surface area contributed by atoms with Crippen molar-refractivity contribution in [3.8, 4) is 0 Å². The summed E-state index contributed by atoms with van der Waals surface area (Å²) in [6, 6.07) is 1.63. The molecule has 14 heavy (non-hydrogen) atoms. The summed E-state index contributed by atoms with van der Waals surface area (Å²) >= 11 is 5.89. The lowest BCUT2D eigenvalue weighted by molar-refractivity contribution is 0.0602. The van der Waals surface area contributed by atoms with Crippen LogP contribution >= 0.6 is 11.6 Å². The molecule has 0 fully saturated rings. The van der Waals surface area contributed by atoms with Crippen LogP contribution in [0.1, 0.15) is 10.4 Å². The van der Waals surface area contributed by atoms with Gasteiger partial charge in [-0.2, -0.15) is 0 Å². The molecule has 4 nitrogen and oxygen atoms in total. The van der Waals surface area contributed by atoms with Crippen molar-refractivity contribution >= 4 is 23.1 Å². The molecule has 0 spiro atoms. The molecule has 5 heteroatoms. The van der Waals surface area contributed by atoms with Crippen molar-refractivity contribution in [1.29, 1.82) is 0 Å². The third-order valence-corrected chi connectivity index (χ3v) is 2.25. The zero-order chi connectivity index (χ0) is 10.1. The molecule has 0 amide bonds. The molecule has 0 bridgehead atoms. The molecule has 0 aliphatic rings. The zero-order valence-corrected chi connectivity index (χ0v) is 8.15. The summed E-state index contributed by atoms with van der Waals surface area (Å²) in [6.07, 6.45) is 4.90. The zero-order valence-electron chi connectivity index (χ0n) is 7.40. The number of fused-ring (bicyclic) bond motifs is 1. The van der Waals surface area contributed by atoms with Gasteiger partial charge in [0.15, 0.2) is 0 Å². The average Bonchev–Trinajstić information content (AvgIpc) is 2.64. The van der Waals surface area contributed by atoms with Crippen LogP contribution in [0.2, 0.25) is 5.02 Å². The van der Waals surface area contributed by atoms with Crippen molar-refractivity contribution in [2.24, 2.45) is 0 Å². The van der Waals surface area contributed by atoms with Crippen molar-refractivity contribution in [2.75, 3.05) is 7.11 Å². The van der Waals surface area contributed by atoms with Gasteiger partial charge in [0.1, 0.15) is 5.56 Å². The Hall–Kier alpha value is -1.55. The van der Waals surface area contributed by atoms with Gasteiger partial charge in [-0.25, -0.2) is 9.78 Å². The van der Waals surface area contributed by atoms with E-state index in [0.717, 1.165) is 0 Å². The lowest BCUT2D eigenvalue weighted by Crippen LogP contribution is -2.04. The molecule has 2 heterocycles. The number of carbonyl (C=O) groups is 1. The third-order valence-electron chi connectivity index (χ3n) is 1.93. The van der Waals surface area contributed by atoms with Crippen molar-refractivity contribution in [1.82, 2.24) is 9.38 Å². The SMILES string of the molecule is COC(=O)c1c(Cl)ccn2cncc12. The minimum Gasteiger partial charge on any atom is -0.465 e. The largest absolute Gasteiger partial charge is 0.465 e. The second-order valence-corrected chi connectivity index (χ2v) is 3.12. The quantitative estimate of drug-likeness (QED) is 0.674. The Morgan fingerprint density at radius 2 is 2.43 bits per heavy atom. The van der Waals surface area contributed by atoms with E-state index in [1.54, 1.807) is 29.2 Å². The van der Waals surface area contributed by atoms with E-state index in [9.17, 15) is 4.79 Å².